The number of aromatic amines is 1. The lowest BCUT2D eigenvalue weighted by molar-refractivity contribution is -0.132. The number of carbonyl (C=O) groups excluding carboxylic acids is 1. The molecular weight excluding hydrogens is 295 g/mol. The molecule has 0 atom stereocenters. The summed E-state index contributed by atoms with van der Waals surface area (Å²) in [7, 11) is 1.79. The fourth-order valence-corrected chi connectivity index (χ4v) is 2.62. The van der Waals surface area contributed by atoms with E-state index in [1.54, 1.807) is 18.0 Å². The molecule has 1 heterocycles. The average molecular weight is 316 g/mol. The van der Waals surface area contributed by atoms with Gasteiger partial charge in [0.25, 0.3) is 0 Å². The summed E-state index contributed by atoms with van der Waals surface area (Å²) in [6.07, 6.45) is 3.17. The molecular formula is C17H21FN4O. The Kier molecular flexibility index (Phi) is 4.17. The number of amides is 1. The van der Waals surface area contributed by atoms with Crippen LogP contribution in [0.1, 0.15) is 25.0 Å². The molecule has 122 valence electrons. The van der Waals surface area contributed by atoms with E-state index in [2.05, 4.69) is 10.2 Å². The monoisotopic (exact) mass is 316 g/mol. The Morgan fingerprint density at radius 3 is 2.91 bits per heavy atom. The van der Waals surface area contributed by atoms with Crippen molar-refractivity contribution in [2.75, 3.05) is 13.6 Å². The Labute approximate surface area is 134 Å². The third-order valence-electron chi connectivity index (χ3n) is 4.25. The van der Waals surface area contributed by atoms with E-state index in [0.29, 0.717) is 6.54 Å². The predicted molar refractivity (Wildman–Crippen MR) is 86.1 cm³/mol. The second-order valence-electron chi connectivity index (χ2n) is 6.28. The van der Waals surface area contributed by atoms with Crippen LogP contribution in [-0.4, -0.2) is 40.1 Å². The summed E-state index contributed by atoms with van der Waals surface area (Å²) in [4.78, 5) is 13.7. The molecule has 1 aromatic carbocycles. The number of carbonyl (C=O) groups is 1. The second kappa shape index (κ2) is 6.12. The number of hydrogen-bond acceptors (Lipinski definition) is 3. The van der Waals surface area contributed by atoms with Gasteiger partial charge < -0.3 is 10.6 Å². The summed E-state index contributed by atoms with van der Waals surface area (Å²) >= 11 is 0. The normalized spacial score (nSPS) is 15.4. The first-order valence-electron chi connectivity index (χ1n) is 7.83. The van der Waals surface area contributed by atoms with E-state index in [9.17, 15) is 9.18 Å². The van der Waals surface area contributed by atoms with Gasteiger partial charge in [-0.25, -0.2) is 4.39 Å². The summed E-state index contributed by atoms with van der Waals surface area (Å²) in [5.41, 5.74) is 7.76. The molecule has 0 radical (unpaired) electrons. The van der Waals surface area contributed by atoms with Gasteiger partial charge in [0.05, 0.1) is 11.2 Å². The zero-order valence-corrected chi connectivity index (χ0v) is 13.2. The van der Waals surface area contributed by atoms with Crippen molar-refractivity contribution in [3.63, 3.8) is 0 Å². The molecule has 1 aromatic heterocycles. The highest BCUT2D eigenvalue weighted by Crippen LogP contribution is 2.33. The highest BCUT2D eigenvalue weighted by molar-refractivity contribution is 5.88. The van der Waals surface area contributed by atoms with Crippen LogP contribution in [-0.2, 0) is 11.2 Å². The Hall–Kier alpha value is -2.21. The van der Waals surface area contributed by atoms with E-state index in [1.807, 2.05) is 12.1 Å². The van der Waals surface area contributed by atoms with Gasteiger partial charge in [0.1, 0.15) is 5.82 Å². The van der Waals surface area contributed by atoms with Crippen LogP contribution in [0.2, 0.25) is 0 Å². The number of halogens is 1. The molecule has 0 bridgehead atoms. The number of nitrogens with one attached hydrogen (secondary N) is 1. The molecule has 1 aliphatic carbocycles. The number of benzene rings is 1. The van der Waals surface area contributed by atoms with Crippen LogP contribution in [0, 0.1) is 5.82 Å². The SMILES string of the molecule is CN(CCCc1cc(-c2cccc(F)c2)n[nH]1)C(=O)C1(N)CC1. The van der Waals surface area contributed by atoms with Gasteiger partial charge in [-0.3, -0.25) is 9.89 Å². The number of H-pyrrole nitrogens is 1. The van der Waals surface area contributed by atoms with Crippen LogP contribution in [0.25, 0.3) is 11.3 Å². The fourth-order valence-electron chi connectivity index (χ4n) is 2.62. The maximum absolute atomic E-state index is 13.2. The van der Waals surface area contributed by atoms with Crippen LogP contribution in [0.4, 0.5) is 4.39 Å². The molecule has 1 saturated carbocycles. The standard InChI is InChI=1S/C17H21FN4O/c1-22(16(23)17(19)7-8-17)9-3-6-14-11-15(21-20-14)12-4-2-5-13(18)10-12/h2,4-5,10-11H,3,6-9,19H2,1H3,(H,20,21). The van der Waals surface area contributed by atoms with Gasteiger partial charge in [0.15, 0.2) is 0 Å². The van der Waals surface area contributed by atoms with E-state index in [-0.39, 0.29) is 11.7 Å². The summed E-state index contributed by atoms with van der Waals surface area (Å²) < 4.78 is 13.2. The maximum Gasteiger partial charge on any atom is 0.242 e. The van der Waals surface area contributed by atoms with Gasteiger partial charge in [-0.05, 0) is 43.9 Å². The van der Waals surface area contributed by atoms with Crippen molar-refractivity contribution >= 4 is 5.91 Å². The third-order valence-corrected chi connectivity index (χ3v) is 4.25. The van der Waals surface area contributed by atoms with Crippen molar-refractivity contribution in [3.8, 4) is 11.3 Å². The molecule has 3 rings (SSSR count). The topological polar surface area (TPSA) is 75.0 Å². The molecule has 1 amide bonds. The second-order valence-corrected chi connectivity index (χ2v) is 6.28. The Bertz CT molecular complexity index is 708. The number of nitrogens with two attached hydrogens (primary N) is 1. The summed E-state index contributed by atoms with van der Waals surface area (Å²) in [6, 6.07) is 8.28. The minimum Gasteiger partial charge on any atom is -0.344 e. The minimum absolute atomic E-state index is 0.0301. The number of aryl methyl sites for hydroxylation is 1. The highest BCUT2D eigenvalue weighted by Gasteiger charge is 2.47. The fraction of sp³-hybridized carbons (Fsp3) is 0.412. The van der Waals surface area contributed by atoms with Crippen LogP contribution >= 0.6 is 0 Å². The van der Waals surface area contributed by atoms with Crippen molar-refractivity contribution in [1.82, 2.24) is 15.1 Å². The first-order valence-corrected chi connectivity index (χ1v) is 7.83. The summed E-state index contributed by atoms with van der Waals surface area (Å²) in [6.45, 7) is 0.659. The number of likely N-dealkylation sites (N-methyl/N-ethyl adjacent to an activating group) is 1. The lowest BCUT2D eigenvalue weighted by Gasteiger charge is -2.20. The Morgan fingerprint density at radius 1 is 1.43 bits per heavy atom. The molecule has 1 fully saturated rings. The number of hydrogen-bond donors (Lipinski definition) is 2. The third kappa shape index (κ3) is 3.59. The van der Waals surface area contributed by atoms with E-state index in [4.69, 9.17) is 5.73 Å². The van der Waals surface area contributed by atoms with E-state index in [0.717, 1.165) is 42.6 Å². The molecule has 3 N–H and O–H groups in total. The number of rotatable bonds is 6. The molecule has 0 saturated heterocycles. The Morgan fingerprint density at radius 2 is 2.22 bits per heavy atom. The number of nitrogens with zero attached hydrogens (tertiary/aromatic N) is 2. The molecule has 1 aliphatic rings. The molecule has 23 heavy (non-hydrogen) atoms. The van der Waals surface area contributed by atoms with E-state index < -0.39 is 5.54 Å². The molecule has 0 aliphatic heterocycles. The zero-order valence-electron chi connectivity index (χ0n) is 13.2. The van der Waals surface area contributed by atoms with Gasteiger partial charge in [0, 0.05) is 24.8 Å². The van der Waals surface area contributed by atoms with Crippen molar-refractivity contribution in [3.05, 3.63) is 41.8 Å². The first kappa shape index (κ1) is 15.7. The zero-order chi connectivity index (χ0) is 16.4. The lowest BCUT2D eigenvalue weighted by atomic mass is 10.1. The molecule has 2 aromatic rings. The number of aromatic nitrogens is 2. The summed E-state index contributed by atoms with van der Waals surface area (Å²) in [5, 5.41) is 7.19. The maximum atomic E-state index is 13.2. The predicted octanol–water partition coefficient (Wildman–Crippen LogP) is 2.10. The van der Waals surface area contributed by atoms with E-state index in [1.165, 1.54) is 12.1 Å². The Balaban J connectivity index is 1.52. The molecule has 0 unspecified atom stereocenters. The minimum atomic E-state index is -0.604. The van der Waals surface area contributed by atoms with Crippen LogP contribution in [0.3, 0.4) is 0 Å². The first-order chi connectivity index (χ1) is 11.0. The van der Waals surface area contributed by atoms with Gasteiger partial charge in [-0.1, -0.05) is 12.1 Å². The average Bonchev–Trinajstić information content (AvgIpc) is 3.11. The molecule has 0 spiro atoms. The largest absolute Gasteiger partial charge is 0.344 e. The van der Waals surface area contributed by atoms with Gasteiger partial charge in [-0.15, -0.1) is 0 Å². The van der Waals surface area contributed by atoms with Crippen LogP contribution in [0.5, 0.6) is 0 Å². The van der Waals surface area contributed by atoms with Crippen LogP contribution < -0.4 is 5.73 Å². The van der Waals surface area contributed by atoms with Crippen molar-refractivity contribution in [2.45, 2.75) is 31.2 Å². The van der Waals surface area contributed by atoms with Crippen LogP contribution in [0.15, 0.2) is 30.3 Å². The smallest absolute Gasteiger partial charge is 0.242 e. The lowest BCUT2D eigenvalue weighted by Crippen LogP contribution is -2.44. The molecule has 6 heteroatoms. The van der Waals surface area contributed by atoms with Crippen molar-refractivity contribution in [1.29, 1.82) is 0 Å². The van der Waals surface area contributed by atoms with Gasteiger partial charge >= 0.3 is 0 Å². The van der Waals surface area contributed by atoms with E-state index >= 15 is 0 Å². The van der Waals surface area contributed by atoms with Crippen molar-refractivity contribution in [2.24, 2.45) is 5.73 Å². The van der Waals surface area contributed by atoms with Crippen molar-refractivity contribution < 1.29 is 9.18 Å². The quantitative estimate of drug-likeness (QED) is 0.857. The van der Waals surface area contributed by atoms with Gasteiger partial charge in [0.2, 0.25) is 5.91 Å². The molecule has 5 nitrogen and oxygen atoms in total. The highest BCUT2D eigenvalue weighted by atomic mass is 19.1. The summed E-state index contributed by atoms with van der Waals surface area (Å²) in [5.74, 6) is -0.245. The van der Waals surface area contributed by atoms with Gasteiger partial charge in [-0.2, -0.15) is 5.10 Å².